The summed E-state index contributed by atoms with van der Waals surface area (Å²) < 4.78 is 2.06. The van der Waals surface area contributed by atoms with E-state index < -0.39 is 12.1 Å². The van der Waals surface area contributed by atoms with Gasteiger partial charge in [0, 0.05) is 43.1 Å². The second kappa shape index (κ2) is 11.3. The minimum Gasteiger partial charge on any atom is -0.465 e. The maximum atomic E-state index is 14.2. The van der Waals surface area contributed by atoms with Crippen molar-refractivity contribution in [3.05, 3.63) is 108 Å². The monoisotopic (exact) mass is 522 g/mol. The Morgan fingerprint density at radius 3 is 2.13 bits per heavy atom. The molecule has 0 aliphatic carbocycles. The summed E-state index contributed by atoms with van der Waals surface area (Å²) in [5.41, 5.74) is 4.64. The van der Waals surface area contributed by atoms with E-state index in [1.807, 2.05) is 91.9 Å². The van der Waals surface area contributed by atoms with Crippen LogP contribution in [-0.4, -0.2) is 63.1 Å². The Bertz CT molecular complexity index is 1470. The summed E-state index contributed by atoms with van der Waals surface area (Å²) in [6.45, 7) is 2.39. The second-order valence-electron chi connectivity index (χ2n) is 9.58. The van der Waals surface area contributed by atoms with Crippen LogP contribution in [-0.2, 0) is 4.79 Å². The van der Waals surface area contributed by atoms with Gasteiger partial charge >= 0.3 is 6.09 Å². The lowest BCUT2D eigenvalue weighted by molar-refractivity contribution is -0.117. The van der Waals surface area contributed by atoms with Crippen LogP contribution in [0.5, 0.6) is 0 Å². The quantitative estimate of drug-likeness (QED) is 0.360. The number of carbonyl (C=O) groups is 3. The van der Waals surface area contributed by atoms with Crippen LogP contribution < -0.4 is 5.32 Å². The highest BCUT2D eigenvalue weighted by Gasteiger charge is 2.36. The number of aromatic nitrogens is 1. The highest BCUT2D eigenvalue weighted by Crippen LogP contribution is 2.32. The van der Waals surface area contributed by atoms with Gasteiger partial charge in [0.2, 0.25) is 5.91 Å². The van der Waals surface area contributed by atoms with Crippen molar-refractivity contribution in [3.8, 4) is 16.9 Å². The number of carbonyl (C=O) groups excluding carboxylic acids is 2. The van der Waals surface area contributed by atoms with Gasteiger partial charge in [0.05, 0.1) is 17.3 Å². The van der Waals surface area contributed by atoms with Gasteiger partial charge in [-0.15, -0.1) is 0 Å². The van der Waals surface area contributed by atoms with Crippen molar-refractivity contribution in [1.82, 2.24) is 14.4 Å². The maximum Gasteiger partial charge on any atom is 0.407 e. The number of para-hydroxylation sites is 2. The molecular formula is C31H30N4O4. The minimum absolute atomic E-state index is 0.0243. The summed E-state index contributed by atoms with van der Waals surface area (Å²) in [6, 6.07) is 29.9. The highest BCUT2D eigenvalue weighted by atomic mass is 16.4. The number of aryl methyl sites for hydroxylation is 1. The molecule has 0 saturated carbocycles. The van der Waals surface area contributed by atoms with Crippen LogP contribution in [0.25, 0.3) is 16.9 Å². The van der Waals surface area contributed by atoms with Crippen LogP contribution >= 0.6 is 0 Å². The van der Waals surface area contributed by atoms with Crippen LogP contribution in [0, 0.1) is 6.92 Å². The van der Waals surface area contributed by atoms with Crippen molar-refractivity contribution < 1.29 is 19.5 Å². The Morgan fingerprint density at radius 1 is 0.872 bits per heavy atom. The molecule has 198 valence electrons. The topological polar surface area (TPSA) is 94.9 Å². The number of benzene rings is 3. The first-order chi connectivity index (χ1) is 18.9. The lowest BCUT2D eigenvalue weighted by Gasteiger charge is -2.40. The van der Waals surface area contributed by atoms with Crippen molar-refractivity contribution in [2.45, 2.75) is 19.4 Å². The fraction of sp³-hybridized carbons (Fsp3) is 0.194. The zero-order valence-electron chi connectivity index (χ0n) is 21.7. The summed E-state index contributed by atoms with van der Waals surface area (Å²) in [5, 5.41) is 12.5. The first kappa shape index (κ1) is 25.8. The highest BCUT2D eigenvalue weighted by molar-refractivity contribution is 6.02. The maximum absolute atomic E-state index is 14.2. The van der Waals surface area contributed by atoms with Gasteiger partial charge in [-0.3, -0.25) is 9.59 Å². The van der Waals surface area contributed by atoms with Gasteiger partial charge in [0.1, 0.15) is 0 Å². The van der Waals surface area contributed by atoms with Crippen LogP contribution in [0.3, 0.4) is 0 Å². The first-order valence-electron chi connectivity index (χ1n) is 12.9. The molecule has 0 radical (unpaired) electrons. The van der Waals surface area contributed by atoms with Gasteiger partial charge in [-0.2, -0.15) is 0 Å². The van der Waals surface area contributed by atoms with Gasteiger partial charge in [-0.1, -0.05) is 66.7 Å². The fourth-order valence-electron chi connectivity index (χ4n) is 5.17. The molecule has 2 N–H and O–H groups in total. The molecule has 1 unspecified atom stereocenters. The molecule has 1 atom stereocenters. The Balaban J connectivity index is 1.51. The van der Waals surface area contributed by atoms with Gasteiger partial charge in [0.15, 0.2) is 0 Å². The predicted molar refractivity (Wildman–Crippen MR) is 150 cm³/mol. The lowest BCUT2D eigenvalue weighted by atomic mass is 10.0. The molecule has 8 heteroatoms. The average Bonchev–Trinajstić information content (AvgIpc) is 3.31. The molecule has 39 heavy (non-hydrogen) atoms. The molecule has 1 aliphatic rings. The largest absolute Gasteiger partial charge is 0.465 e. The Hall–Kier alpha value is -4.85. The minimum atomic E-state index is -1.06. The molecule has 0 spiro atoms. The summed E-state index contributed by atoms with van der Waals surface area (Å²) in [7, 11) is 0. The van der Waals surface area contributed by atoms with Crippen molar-refractivity contribution >= 4 is 23.6 Å². The third-order valence-corrected chi connectivity index (χ3v) is 6.97. The van der Waals surface area contributed by atoms with E-state index in [1.165, 1.54) is 4.90 Å². The molecular weight excluding hydrogens is 492 g/mol. The molecule has 1 saturated heterocycles. The van der Waals surface area contributed by atoms with E-state index >= 15 is 0 Å². The second-order valence-corrected chi connectivity index (χ2v) is 9.58. The van der Waals surface area contributed by atoms with Crippen LogP contribution in [0.1, 0.15) is 22.5 Å². The molecule has 0 bridgehead atoms. The number of rotatable bonds is 6. The number of anilines is 1. The van der Waals surface area contributed by atoms with Crippen LogP contribution in [0.4, 0.5) is 10.5 Å². The zero-order chi connectivity index (χ0) is 27.4. The van der Waals surface area contributed by atoms with E-state index in [0.29, 0.717) is 11.3 Å². The van der Waals surface area contributed by atoms with E-state index in [4.69, 9.17) is 0 Å². The molecule has 3 aromatic carbocycles. The van der Waals surface area contributed by atoms with Gasteiger partial charge < -0.3 is 24.8 Å². The number of hydrogen-bond acceptors (Lipinski definition) is 3. The summed E-state index contributed by atoms with van der Waals surface area (Å²) in [6.07, 6.45) is -1.09. The zero-order valence-corrected chi connectivity index (χ0v) is 21.7. The number of nitrogens with one attached hydrogen (secondary N) is 1. The third kappa shape index (κ3) is 5.55. The fourth-order valence-corrected chi connectivity index (χ4v) is 5.17. The van der Waals surface area contributed by atoms with Gasteiger partial charge in [-0.05, 0) is 42.8 Å². The SMILES string of the molecule is Cc1cc(C(=O)N2CCN(C(=O)O)CC2CC(=O)Nc2ccccc2)c(-c2ccccc2)n1-c1ccccc1. The predicted octanol–water partition coefficient (Wildman–Crippen LogP) is 5.29. The van der Waals surface area contributed by atoms with E-state index in [2.05, 4.69) is 9.88 Å². The van der Waals surface area contributed by atoms with Crippen molar-refractivity contribution in [2.24, 2.45) is 0 Å². The van der Waals surface area contributed by atoms with Gasteiger partial charge in [-0.25, -0.2) is 4.79 Å². The van der Waals surface area contributed by atoms with Crippen LogP contribution in [0.15, 0.2) is 97.1 Å². The number of amides is 3. The average molecular weight is 523 g/mol. The normalized spacial score (nSPS) is 15.2. The number of piperazine rings is 1. The number of hydrogen-bond donors (Lipinski definition) is 2. The van der Waals surface area contributed by atoms with E-state index in [1.54, 1.807) is 17.0 Å². The van der Waals surface area contributed by atoms with E-state index in [-0.39, 0.29) is 37.9 Å². The standard InChI is InChI=1S/C31H30N4O4/c1-22-19-27(29(23-11-5-2-6-12-23)35(22)25-15-9-4-10-16-25)30(37)34-18-17-33(31(38)39)21-26(34)20-28(36)32-24-13-7-3-8-14-24/h2-16,19,26H,17-18,20-21H2,1H3,(H,32,36)(H,38,39). The summed E-state index contributed by atoms with van der Waals surface area (Å²) >= 11 is 0. The molecule has 1 aromatic heterocycles. The van der Waals surface area contributed by atoms with E-state index in [9.17, 15) is 19.5 Å². The molecule has 1 fully saturated rings. The van der Waals surface area contributed by atoms with Crippen molar-refractivity contribution in [2.75, 3.05) is 25.0 Å². The smallest absolute Gasteiger partial charge is 0.407 e. The Morgan fingerprint density at radius 2 is 1.49 bits per heavy atom. The Kier molecular flexibility index (Phi) is 7.45. The number of nitrogens with zero attached hydrogens (tertiary/aromatic N) is 3. The van der Waals surface area contributed by atoms with Crippen molar-refractivity contribution in [3.63, 3.8) is 0 Å². The molecule has 1 aliphatic heterocycles. The van der Waals surface area contributed by atoms with Crippen molar-refractivity contribution in [1.29, 1.82) is 0 Å². The van der Waals surface area contributed by atoms with Crippen LogP contribution in [0.2, 0.25) is 0 Å². The molecule has 2 heterocycles. The molecule has 3 amide bonds. The first-order valence-corrected chi connectivity index (χ1v) is 12.9. The summed E-state index contributed by atoms with van der Waals surface area (Å²) in [4.78, 5) is 41.9. The lowest BCUT2D eigenvalue weighted by Crippen LogP contribution is -2.57. The van der Waals surface area contributed by atoms with Gasteiger partial charge in [0.25, 0.3) is 5.91 Å². The molecule has 4 aromatic rings. The van der Waals surface area contributed by atoms with E-state index in [0.717, 1.165) is 22.6 Å². The molecule has 8 nitrogen and oxygen atoms in total. The third-order valence-electron chi connectivity index (χ3n) is 6.97. The number of carboxylic acid groups (broad SMARTS) is 1. The Labute approximate surface area is 227 Å². The molecule has 5 rings (SSSR count). The summed E-state index contributed by atoms with van der Waals surface area (Å²) in [5.74, 6) is -0.508.